The minimum atomic E-state index is -0.918. The molecule has 0 saturated carbocycles. The predicted molar refractivity (Wildman–Crippen MR) is 87.7 cm³/mol. The van der Waals surface area contributed by atoms with Crippen molar-refractivity contribution in [3.05, 3.63) is 0 Å². The topological polar surface area (TPSA) is 104 Å². The average Bonchev–Trinajstić information content (AvgIpc) is 3.27. The summed E-state index contributed by atoms with van der Waals surface area (Å²) in [6.45, 7) is 4.05. The molecule has 0 aliphatic carbocycles. The summed E-state index contributed by atoms with van der Waals surface area (Å²) in [4.78, 5) is 52.5. The lowest BCUT2D eigenvalue weighted by Crippen LogP contribution is -2.54. The van der Waals surface area contributed by atoms with Gasteiger partial charge >= 0.3 is 5.97 Å². The van der Waals surface area contributed by atoms with Crippen molar-refractivity contribution in [3.8, 4) is 0 Å². The molecule has 4 fully saturated rings. The second-order valence-corrected chi connectivity index (χ2v) is 8.18. The number of fused-ring (bicyclic) bond motifs is 5. The zero-order valence-electron chi connectivity index (χ0n) is 15.0. The average molecular weight is 364 g/mol. The van der Waals surface area contributed by atoms with E-state index in [2.05, 4.69) is 0 Å². The Labute approximate surface area is 151 Å². The van der Waals surface area contributed by atoms with Crippen molar-refractivity contribution in [2.24, 2.45) is 23.7 Å². The van der Waals surface area contributed by atoms with Gasteiger partial charge in [-0.15, -0.1) is 0 Å². The van der Waals surface area contributed by atoms with Crippen molar-refractivity contribution in [1.82, 2.24) is 9.80 Å². The van der Waals surface area contributed by atoms with Crippen LogP contribution in [0.2, 0.25) is 0 Å². The zero-order chi connectivity index (χ0) is 18.7. The van der Waals surface area contributed by atoms with Crippen LogP contribution in [0.15, 0.2) is 0 Å². The number of likely N-dealkylation sites (tertiary alicyclic amines) is 2. The Balaban J connectivity index is 1.51. The first-order chi connectivity index (χ1) is 12.3. The van der Waals surface area contributed by atoms with Gasteiger partial charge in [-0.2, -0.15) is 0 Å². The second kappa shape index (κ2) is 6.04. The van der Waals surface area contributed by atoms with Crippen LogP contribution in [0.4, 0.5) is 0 Å². The van der Waals surface area contributed by atoms with Crippen molar-refractivity contribution in [3.63, 3.8) is 0 Å². The number of hydrogen-bond acceptors (Lipinski definition) is 5. The largest absolute Gasteiger partial charge is 0.481 e. The maximum atomic E-state index is 12.9. The number of imide groups is 1. The first kappa shape index (κ1) is 17.5. The Bertz CT molecular complexity index is 651. The predicted octanol–water partition coefficient (Wildman–Crippen LogP) is 0.107. The molecule has 3 amide bonds. The van der Waals surface area contributed by atoms with Gasteiger partial charge in [0.15, 0.2) is 0 Å². The number of nitrogens with zero attached hydrogens (tertiary/aromatic N) is 2. The van der Waals surface area contributed by atoms with E-state index < -0.39 is 29.8 Å². The Kier molecular flexibility index (Phi) is 4.06. The summed E-state index contributed by atoms with van der Waals surface area (Å²) in [5, 5.41) is 9.29. The van der Waals surface area contributed by atoms with Gasteiger partial charge < -0.3 is 14.7 Å². The van der Waals surface area contributed by atoms with Gasteiger partial charge in [-0.1, -0.05) is 6.92 Å². The van der Waals surface area contributed by atoms with Gasteiger partial charge in [-0.05, 0) is 32.1 Å². The van der Waals surface area contributed by atoms with Crippen molar-refractivity contribution in [2.75, 3.05) is 13.1 Å². The highest BCUT2D eigenvalue weighted by atomic mass is 16.5. The quantitative estimate of drug-likeness (QED) is 0.713. The van der Waals surface area contributed by atoms with Crippen LogP contribution in [0.5, 0.6) is 0 Å². The molecule has 8 nitrogen and oxygen atoms in total. The van der Waals surface area contributed by atoms with E-state index in [4.69, 9.17) is 4.74 Å². The van der Waals surface area contributed by atoms with E-state index in [-0.39, 0.29) is 42.4 Å². The maximum Gasteiger partial charge on any atom is 0.308 e. The lowest BCUT2D eigenvalue weighted by Gasteiger charge is -2.37. The number of carbonyl (C=O) groups excluding carboxylic acids is 3. The van der Waals surface area contributed by atoms with E-state index in [0.717, 1.165) is 17.7 Å². The number of ether oxygens (including phenoxy) is 1. The molecule has 0 aromatic heterocycles. The maximum absolute atomic E-state index is 12.9. The Morgan fingerprint density at radius 3 is 2.23 bits per heavy atom. The van der Waals surface area contributed by atoms with Crippen LogP contribution in [0.1, 0.15) is 33.1 Å². The Hall–Kier alpha value is -1.96. The van der Waals surface area contributed by atoms with Crippen LogP contribution in [0, 0.1) is 23.7 Å². The van der Waals surface area contributed by atoms with Crippen LogP contribution < -0.4 is 0 Å². The summed E-state index contributed by atoms with van der Waals surface area (Å²) in [6, 6.07) is -0.903. The van der Waals surface area contributed by atoms with Gasteiger partial charge in [0.05, 0.1) is 30.0 Å². The zero-order valence-corrected chi connectivity index (χ0v) is 15.0. The van der Waals surface area contributed by atoms with E-state index in [1.807, 2.05) is 6.92 Å². The minimum Gasteiger partial charge on any atom is -0.481 e. The summed E-state index contributed by atoms with van der Waals surface area (Å²) in [7, 11) is 0. The van der Waals surface area contributed by atoms with Crippen LogP contribution in [-0.4, -0.2) is 69.9 Å². The van der Waals surface area contributed by atoms with Gasteiger partial charge in [0, 0.05) is 13.1 Å². The highest BCUT2D eigenvalue weighted by molar-refractivity contribution is 6.09. The van der Waals surface area contributed by atoms with Crippen LogP contribution in [0.3, 0.4) is 0 Å². The molecule has 7 unspecified atom stereocenters. The summed E-state index contributed by atoms with van der Waals surface area (Å²) in [6.07, 6.45) is 1.68. The van der Waals surface area contributed by atoms with Gasteiger partial charge in [-0.25, -0.2) is 0 Å². The first-order valence-electron chi connectivity index (χ1n) is 9.33. The highest BCUT2D eigenvalue weighted by Gasteiger charge is 2.63. The molecule has 142 valence electrons. The monoisotopic (exact) mass is 364 g/mol. The molecule has 4 saturated heterocycles. The lowest BCUT2D eigenvalue weighted by atomic mass is 9.81. The summed E-state index contributed by atoms with van der Waals surface area (Å²) < 4.78 is 5.71. The third-order valence-electron chi connectivity index (χ3n) is 6.38. The van der Waals surface area contributed by atoms with E-state index >= 15 is 0 Å². The Morgan fingerprint density at radius 1 is 1.12 bits per heavy atom. The number of aliphatic carboxylic acids is 1. The molecule has 26 heavy (non-hydrogen) atoms. The van der Waals surface area contributed by atoms with Gasteiger partial charge in [0.25, 0.3) is 0 Å². The molecule has 7 atom stereocenters. The van der Waals surface area contributed by atoms with E-state index in [1.54, 1.807) is 6.92 Å². The second-order valence-electron chi connectivity index (χ2n) is 8.18. The number of piperidine rings is 1. The number of hydrogen-bond donors (Lipinski definition) is 1. The Morgan fingerprint density at radius 2 is 1.69 bits per heavy atom. The molecule has 4 aliphatic rings. The fraction of sp³-hybridized carbons (Fsp3) is 0.778. The standard InChI is InChI=1S/C18H24N2O6/c1-8-5-10(18(24)25)7-19(6-8)15(21)9(2)20-16(22)13-11-3-4-12(26-11)14(13)17(20)23/h8-14H,3-7H2,1-2H3,(H,24,25). The number of rotatable bonds is 3. The van der Waals surface area contributed by atoms with Crippen LogP contribution in [-0.2, 0) is 23.9 Å². The van der Waals surface area contributed by atoms with Crippen LogP contribution >= 0.6 is 0 Å². The normalized spacial score (nSPS) is 40.1. The van der Waals surface area contributed by atoms with E-state index in [0.29, 0.717) is 13.0 Å². The molecule has 4 aliphatic heterocycles. The smallest absolute Gasteiger partial charge is 0.308 e. The molecule has 0 aromatic carbocycles. The number of carbonyl (C=O) groups is 4. The molecular formula is C18H24N2O6. The third kappa shape index (κ3) is 2.46. The molecule has 1 N–H and O–H groups in total. The van der Waals surface area contributed by atoms with Crippen molar-refractivity contribution < 1.29 is 29.0 Å². The van der Waals surface area contributed by atoms with E-state index in [9.17, 15) is 24.3 Å². The summed E-state index contributed by atoms with van der Waals surface area (Å²) in [5.74, 6) is -3.35. The molecule has 0 aromatic rings. The van der Waals surface area contributed by atoms with Gasteiger partial charge in [0.1, 0.15) is 6.04 Å². The molecule has 4 heterocycles. The molecule has 4 rings (SSSR count). The highest BCUT2D eigenvalue weighted by Crippen LogP contribution is 2.49. The molecule has 0 radical (unpaired) electrons. The molecule has 0 spiro atoms. The van der Waals surface area contributed by atoms with Crippen molar-refractivity contribution in [2.45, 2.75) is 51.4 Å². The molecular weight excluding hydrogens is 340 g/mol. The molecule has 8 heteroatoms. The molecule has 2 bridgehead atoms. The lowest BCUT2D eigenvalue weighted by molar-refractivity contribution is -0.156. The number of carboxylic acids is 1. The number of carboxylic acid groups (broad SMARTS) is 1. The summed E-state index contributed by atoms with van der Waals surface area (Å²) >= 11 is 0. The van der Waals surface area contributed by atoms with Crippen molar-refractivity contribution in [1.29, 1.82) is 0 Å². The minimum absolute atomic E-state index is 0.0645. The van der Waals surface area contributed by atoms with Gasteiger partial charge in [-0.3, -0.25) is 24.1 Å². The van der Waals surface area contributed by atoms with Crippen molar-refractivity contribution >= 4 is 23.7 Å². The third-order valence-corrected chi connectivity index (χ3v) is 6.38. The fourth-order valence-corrected chi connectivity index (χ4v) is 5.20. The first-order valence-corrected chi connectivity index (χ1v) is 9.33. The number of amides is 3. The fourth-order valence-electron chi connectivity index (χ4n) is 5.20. The van der Waals surface area contributed by atoms with Crippen LogP contribution in [0.25, 0.3) is 0 Å². The summed E-state index contributed by atoms with van der Waals surface area (Å²) in [5.41, 5.74) is 0. The van der Waals surface area contributed by atoms with Gasteiger partial charge in [0.2, 0.25) is 17.7 Å². The van der Waals surface area contributed by atoms with E-state index in [1.165, 1.54) is 4.90 Å². The SMILES string of the molecule is CC1CC(C(=O)O)CN(C(=O)C(C)N2C(=O)C3C4CCC(O4)C3C2=O)C1.